The number of amides is 1. The van der Waals surface area contributed by atoms with Crippen LogP contribution in [0.15, 0.2) is 42.5 Å². The van der Waals surface area contributed by atoms with Crippen LogP contribution in [0.5, 0.6) is 5.75 Å². The number of carbonyl (C=O) groups is 1. The fourth-order valence-electron chi connectivity index (χ4n) is 2.46. The van der Waals surface area contributed by atoms with Crippen LogP contribution in [0.3, 0.4) is 0 Å². The highest BCUT2D eigenvalue weighted by Crippen LogP contribution is 2.36. The minimum Gasteiger partial charge on any atom is -0.493 e. The van der Waals surface area contributed by atoms with E-state index >= 15 is 0 Å². The van der Waals surface area contributed by atoms with Gasteiger partial charge in [0.25, 0.3) is 0 Å². The zero-order valence-corrected chi connectivity index (χ0v) is 15.5. The molecule has 2 rings (SSSR count). The van der Waals surface area contributed by atoms with Crippen molar-refractivity contribution in [2.75, 3.05) is 24.3 Å². The van der Waals surface area contributed by atoms with Gasteiger partial charge in [-0.3, -0.25) is 5.32 Å². The lowest BCUT2D eigenvalue weighted by molar-refractivity contribution is 0.0636. The number of rotatable bonds is 5. The van der Waals surface area contributed by atoms with E-state index in [-0.39, 0.29) is 0 Å². The largest absolute Gasteiger partial charge is 0.493 e. The maximum atomic E-state index is 11.9. The maximum absolute atomic E-state index is 11.9. The Morgan fingerprint density at radius 3 is 2.44 bits per heavy atom. The van der Waals surface area contributed by atoms with Crippen LogP contribution < -0.4 is 15.4 Å². The Morgan fingerprint density at radius 2 is 1.80 bits per heavy atom. The molecule has 25 heavy (non-hydrogen) atoms. The standard InChI is InChI=1S/C20H26N2O3/c1-6-24-18-10-8-7-9-16(18)15-12-11-14(13-17(15)21-5)22-19(23)25-20(2,3)4/h7-13,21H,6H2,1-5H3,(H,22,23). The van der Waals surface area contributed by atoms with Crippen LogP contribution in [0.1, 0.15) is 27.7 Å². The Bertz CT molecular complexity index is 736. The van der Waals surface area contributed by atoms with Gasteiger partial charge in [-0.1, -0.05) is 24.3 Å². The number of ether oxygens (including phenoxy) is 2. The van der Waals surface area contributed by atoms with E-state index in [2.05, 4.69) is 10.6 Å². The second kappa shape index (κ2) is 7.92. The van der Waals surface area contributed by atoms with Crippen LogP contribution in [0.2, 0.25) is 0 Å². The summed E-state index contributed by atoms with van der Waals surface area (Å²) >= 11 is 0. The first kappa shape index (κ1) is 18.6. The van der Waals surface area contributed by atoms with Crippen molar-refractivity contribution < 1.29 is 14.3 Å². The molecule has 1 amide bonds. The highest BCUT2D eigenvalue weighted by atomic mass is 16.6. The average molecular weight is 342 g/mol. The maximum Gasteiger partial charge on any atom is 0.412 e. The summed E-state index contributed by atoms with van der Waals surface area (Å²) in [6, 6.07) is 13.6. The summed E-state index contributed by atoms with van der Waals surface area (Å²) in [7, 11) is 1.85. The molecular formula is C20H26N2O3. The van der Waals surface area contributed by atoms with E-state index in [1.54, 1.807) is 0 Å². The van der Waals surface area contributed by atoms with E-state index in [0.717, 1.165) is 22.6 Å². The van der Waals surface area contributed by atoms with Gasteiger partial charge in [-0.25, -0.2) is 4.79 Å². The smallest absolute Gasteiger partial charge is 0.412 e. The molecule has 2 aromatic rings. The van der Waals surface area contributed by atoms with Crippen molar-refractivity contribution in [2.24, 2.45) is 0 Å². The van der Waals surface area contributed by atoms with Crippen LogP contribution in [-0.2, 0) is 4.74 Å². The summed E-state index contributed by atoms with van der Waals surface area (Å²) in [4.78, 5) is 11.9. The molecule has 0 radical (unpaired) electrons. The summed E-state index contributed by atoms with van der Waals surface area (Å²) < 4.78 is 11.0. The third kappa shape index (κ3) is 5.14. The summed E-state index contributed by atoms with van der Waals surface area (Å²) in [6.07, 6.45) is -0.475. The molecule has 0 saturated carbocycles. The molecule has 2 aromatic carbocycles. The summed E-state index contributed by atoms with van der Waals surface area (Å²) in [5.41, 5.74) is 3.02. The van der Waals surface area contributed by atoms with Crippen LogP contribution in [0.4, 0.5) is 16.2 Å². The third-order valence-corrected chi connectivity index (χ3v) is 3.41. The topological polar surface area (TPSA) is 59.6 Å². The van der Waals surface area contributed by atoms with Gasteiger partial charge in [0.15, 0.2) is 0 Å². The summed E-state index contributed by atoms with van der Waals surface area (Å²) in [6.45, 7) is 8.06. The number of para-hydroxylation sites is 1. The van der Waals surface area contributed by atoms with Crippen LogP contribution in [0, 0.1) is 0 Å². The van der Waals surface area contributed by atoms with Gasteiger partial charge in [-0.15, -0.1) is 0 Å². The number of hydrogen-bond donors (Lipinski definition) is 2. The second-order valence-electron chi connectivity index (χ2n) is 6.57. The van der Waals surface area contributed by atoms with E-state index in [9.17, 15) is 4.79 Å². The number of benzene rings is 2. The predicted molar refractivity (Wildman–Crippen MR) is 102 cm³/mol. The number of anilines is 2. The van der Waals surface area contributed by atoms with Crippen molar-refractivity contribution in [1.29, 1.82) is 0 Å². The molecule has 134 valence electrons. The molecule has 0 aliphatic heterocycles. The summed E-state index contributed by atoms with van der Waals surface area (Å²) in [5.74, 6) is 0.828. The van der Waals surface area contributed by atoms with Crippen molar-refractivity contribution in [3.63, 3.8) is 0 Å². The molecule has 0 fully saturated rings. The van der Waals surface area contributed by atoms with Gasteiger partial charge in [0.2, 0.25) is 0 Å². The van der Waals surface area contributed by atoms with Gasteiger partial charge in [0.1, 0.15) is 11.4 Å². The summed E-state index contributed by atoms with van der Waals surface area (Å²) in [5, 5.41) is 5.94. The van der Waals surface area contributed by atoms with Gasteiger partial charge >= 0.3 is 6.09 Å². The molecule has 0 aliphatic rings. The first-order valence-electron chi connectivity index (χ1n) is 8.38. The van der Waals surface area contributed by atoms with E-state index in [0.29, 0.717) is 12.3 Å². The fourth-order valence-corrected chi connectivity index (χ4v) is 2.46. The Labute approximate surface area is 149 Å². The van der Waals surface area contributed by atoms with Crippen molar-refractivity contribution >= 4 is 17.5 Å². The predicted octanol–water partition coefficient (Wildman–Crippen LogP) is 5.14. The first-order valence-corrected chi connectivity index (χ1v) is 8.38. The van der Waals surface area contributed by atoms with Gasteiger partial charge in [0, 0.05) is 29.5 Å². The molecule has 0 atom stereocenters. The molecule has 0 saturated heterocycles. The molecule has 0 aliphatic carbocycles. The zero-order valence-electron chi connectivity index (χ0n) is 15.5. The molecule has 0 heterocycles. The average Bonchev–Trinajstić information content (AvgIpc) is 2.54. The Kier molecular flexibility index (Phi) is 5.91. The van der Waals surface area contributed by atoms with E-state index in [1.807, 2.05) is 77.2 Å². The van der Waals surface area contributed by atoms with Crippen molar-refractivity contribution in [3.05, 3.63) is 42.5 Å². The number of carbonyl (C=O) groups excluding carboxylic acids is 1. The Morgan fingerprint density at radius 1 is 1.08 bits per heavy atom. The lowest BCUT2D eigenvalue weighted by Gasteiger charge is -2.20. The zero-order chi connectivity index (χ0) is 18.4. The van der Waals surface area contributed by atoms with Crippen molar-refractivity contribution in [3.8, 4) is 16.9 Å². The van der Waals surface area contributed by atoms with Gasteiger partial charge in [0.05, 0.1) is 6.61 Å². The van der Waals surface area contributed by atoms with Crippen LogP contribution in [0.25, 0.3) is 11.1 Å². The van der Waals surface area contributed by atoms with Crippen molar-refractivity contribution in [2.45, 2.75) is 33.3 Å². The van der Waals surface area contributed by atoms with Gasteiger partial charge < -0.3 is 14.8 Å². The third-order valence-electron chi connectivity index (χ3n) is 3.41. The molecule has 0 aromatic heterocycles. The molecule has 0 spiro atoms. The minimum absolute atomic E-state index is 0.475. The first-order chi connectivity index (χ1) is 11.8. The lowest BCUT2D eigenvalue weighted by Crippen LogP contribution is -2.27. The normalized spacial score (nSPS) is 10.9. The van der Waals surface area contributed by atoms with Crippen LogP contribution in [-0.4, -0.2) is 25.3 Å². The molecule has 5 heteroatoms. The van der Waals surface area contributed by atoms with E-state index < -0.39 is 11.7 Å². The highest BCUT2D eigenvalue weighted by Gasteiger charge is 2.17. The fraction of sp³-hybridized carbons (Fsp3) is 0.350. The minimum atomic E-state index is -0.535. The SMILES string of the molecule is CCOc1ccccc1-c1ccc(NC(=O)OC(C)(C)C)cc1NC. The Hall–Kier alpha value is -2.69. The molecule has 2 N–H and O–H groups in total. The highest BCUT2D eigenvalue weighted by molar-refractivity contribution is 5.89. The van der Waals surface area contributed by atoms with Crippen LogP contribution >= 0.6 is 0 Å². The Balaban J connectivity index is 2.30. The molecule has 0 bridgehead atoms. The van der Waals surface area contributed by atoms with Gasteiger partial charge in [-0.05, 0) is 45.9 Å². The monoisotopic (exact) mass is 342 g/mol. The lowest BCUT2D eigenvalue weighted by atomic mass is 10.0. The van der Waals surface area contributed by atoms with Gasteiger partial charge in [-0.2, -0.15) is 0 Å². The van der Waals surface area contributed by atoms with Crippen molar-refractivity contribution in [1.82, 2.24) is 0 Å². The quantitative estimate of drug-likeness (QED) is 0.790. The molecular weight excluding hydrogens is 316 g/mol. The van der Waals surface area contributed by atoms with E-state index in [1.165, 1.54) is 0 Å². The van der Waals surface area contributed by atoms with E-state index in [4.69, 9.17) is 9.47 Å². The number of nitrogens with one attached hydrogen (secondary N) is 2. The number of hydrogen-bond acceptors (Lipinski definition) is 4. The second-order valence-corrected chi connectivity index (χ2v) is 6.57. The molecule has 5 nitrogen and oxygen atoms in total. The molecule has 0 unspecified atom stereocenters.